The molecular formula is C17H24N2O2. The first kappa shape index (κ1) is 15.5. The van der Waals surface area contributed by atoms with Crippen LogP contribution < -0.4 is 10.6 Å². The lowest BCUT2D eigenvalue weighted by atomic mass is 10.0. The molecule has 114 valence electrons. The van der Waals surface area contributed by atoms with Gasteiger partial charge in [0, 0.05) is 13.0 Å². The molecule has 2 amide bonds. The third kappa shape index (κ3) is 4.88. The fourth-order valence-electron chi connectivity index (χ4n) is 2.58. The number of amides is 2. The maximum absolute atomic E-state index is 11.8. The summed E-state index contributed by atoms with van der Waals surface area (Å²) >= 11 is 0. The van der Waals surface area contributed by atoms with Crippen LogP contribution in [0.25, 0.3) is 0 Å². The van der Waals surface area contributed by atoms with Gasteiger partial charge < -0.3 is 10.6 Å². The number of nitrogens with one attached hydrogen (secondary N) is 2. The van der Waals surface area contributed by atoms with Crippen molar-refractivity contribution >= 4 is 11.8 Å². The Bertz CT molecular complexity index is 494. The van der Waals surface area contributed by atoms with Crippen LogP contribution in [-0.4, -0.2) is 24.4 Å². The second kappa shape index (κ2) is 7.25. The molecule has 0 bridgehead atoms. The van der Waals surface area contributed by atoms with Gasteiger partial charge >= 0.3 is 0 Å². The number of rotatable bonds is 6. The van der Waals surface area contributed by atoms with Gasteiger partial charge in [0.05, 0.1) is 0 Å². The van der Waals surface area contributed by atoms with Crippen molar-refractivity contribution in [2.24, 2.45) is 5.92 Å². The summed E-state index contributed by atoms with van der Waals surface area (Å²) in [7, 11) is 0. The molecule has 1 aromatic carbocycles. The van der Waals surface area contributed by atoms with Gasteiger partial charge in [0.15, 0.2) is 0 Å². The Hall–Kier alpha value is -1.84. The van der Waals surface area contributed by atoms with E-state index in [1.807, 2.05) is 0 Å². The van der Waals surface area contributed by atoms with E-state index in [0.29, 0.717) is 25.3 Å². The summed E-state index contributed by atoms with van der Waals surface area (Å²) in [5.74, 6) is 0.560. The van der Waals surface area contributed by atoms with Gasteiger partial charge in [0.1, 0.15) is 6.04 Å². The van der Waals surface area contributed by atoms with Crippen LogP contribution >= 0.6 is 0 Å². The van der Waals surface area contributed by atoms with Crippen molar-refractivity contribution in [1.82, 2.24) is 10.6 Å². The molecule has 0 aliphatic carbocycles. The van der Waals surface area contributed by atoms with Crippen LogP contribution in [0.5, 0.6) is 0 Å². The van der Waals surface area contributed by atoms with Crippen molar-refractivity contribution in [3.8, 4) is 0 Å². The number of hydrogen-bond acceptors (Lipinski definition) is 2. The maximum Gasteiger partial charge on any atom is 0.242 e. The van der Waals surface area contributed by atoms with E-state index in [2.05, 4.69) is 48.7 Å². The zero-order valence-corrected chi connectivity index (χ0v) is 12.8. The first-order chi connectivity index (χ1) is 10.0. The van der Waals surface area contributed by atoms with E-state index in [9.17, 15) is 9.59 Å². The van der Waals surface area contributed by atoms with Gasteiger partial charge in [-0.15, -0.1) is 0 Å². The van der Waals surface area contributed by atoms with Gasteiger partial charge in [-0.2, -0.15) is 0 Å². The Morgan fingerprint density at radius 3 is 2.52 bits per heavy atom. The minimum atomic E-state index is -0.342. The molecule has 0 radical (unpaired) electrons. The molecule has 0 spiro atoms. The molecule has 1 aliphatic rings. The predicted octanol–water partition coefficient (Wildman–Crippen LogP) is 1.82. The summed E-state index contributed by atoms with van der Waals surface area (Å²) in [5.41, 5.74) is 2.57. The molecule has 1 unspecified atom stereocenters. The van der Waals surface area contributed by atoms with Crippen LogP contribution in [-0.2, 0) is 22.4 Å². The smallest absolute Gasteiger partial charge is 0.242 e. The molecule has 4 heteroatoms. The minimum absolute atomic E-state index is 0.0316. The molecule has 0 saturated carbocycles. The fraction of sp³-hybridized carbons (Fsp3) is 0.529. The molecule has 21 heavy (non-hydrogen) atoms. The van der Waals surface area contributed by atoms with E-state index in [-0.39, 0.29) is 17.9 Å². The van der Waals surface area contributed by atoms with Crippen LogP contribution in [0.15, 0.2) is 24.3 Å². The van der Waals surface area contributed by atoms with Crippen molar-refractivity contribution in [3.63, 3.8) is 0 Å². The normalized spacial score (nSPS) is 17.9. The summed E-state index contributed by atoms with van der Waals surface area (Å²) < 4.78 is 0. The summed E-state index contributed by atoms with van der Waals surface area (Å²) in [6.45, 7) is 5.03. The second-order valence-electron chi connectivity index (χ2n) is 6.11. The zero-order valence-electron chi connectivity index (χ0n) is 12.8. The first-order valence-corrected chi connectivity index (χ1v) is 7.69. The predicted molar refractivity (Wildman–Crippen MR) is 82.9 cm³/mol. The highest BCUT2D eigenvalue weighted by atomic mass is 16.2. The van der Waals surface area contributed by atoms with Crippen molar-refractivity contribution in [3.05, 3.63) is 35.4 Å². The number of benzene rings is 1. The first-order valence-electron chi connectivity index (χ1n) is 7.69. The maximum atomic E-state index is 11.8. The van der Waals surface area contributed by atoms with Gasteiger partial charge in [0.25, 0.3) is 0 Å². The Labute approximate surface area is 126 Å². The molecule has 1 atom stereocenters. The molecule has 1 fully saturated rings. The largest absolute Gasteiger partial charge is 0.354 e. The Balaban J connectivity index is 1.73. The molecule has 1 heterocycles. The van der Waals surface area contributed by atoms with Crippen molar-refractivity contribution < 1.29 is 9.59 Å². The highest BCUT2D eigenvalue weighted by Gasteiger charge is 2.26. The van der Waals surface area contributed by atoms with E-state index in [1.54, 1.807) is 0 Å². The average molecular weight is 288 g/mol. The van der Waals surface area contributed by atoms with Crippen molar-refractivity contribution in [2.75, 3.05) is 6.54 Å². The lowest BCUT2D eigenvalue weighted by Gasteiger charge is -2.11. The lowest BCUT2D eigenvalue weighted by Crippen LogP contribution is -2.42. The minimum Gasteiger partial charge on any atom is -0.354 e. The highest BCUT2D eigenvalue weighted by Crippen LogP contribution is 2.10. The van der Waals surface area contributed by atoms with E-state index in [1.165, 1.54) is 11.1 Å². The van der Waals surface area contributed by atoms with Crippen molar-refractivity contribution in [2.45, 2.75) is 45.6 Å². The molecular weight excluding hydrogens is 264 g/mol. The SMILES string of the molecule is CC(C)Cc1ccc(CCNC(=O)C2CCC(=O)N2)cc1. The van der Waals surface area contributed by atoms with Crippen LogP contribution in [0.1, 0.15) is 37.8 Å². The summed E-state index contributed by atoms with van der Waals surface area (Å²) in [4.78, 5) is 22.9. The van der Waals surface area contributed by atoms with Gasteiger partial charge in [0.2, 0.25) is 11.8 Å². The Morgan fingerprint density at radius 2 is 1.95 bits per heavy atom. The third-order valence-corrected chi connectivity index (χ3v) is 3.69. The topological polar surface area (TPSA) is 58.2 Å². The number of carbonyl (C=O) groups is 2. The summed E-state index contributed by atoms with van der Waals surface area (Å²) in [6, 6.07) is 8.23. The van der Waals surface area contributed by atoms with Gasteiger partial charge in [-0.3, -0.25) is 9.59 Å². The molecule has 0 aromatic heterocycles. The molecule has 1 aromatic rings. The van der Waals surface area contributed by atoms with Gasteiger partial charge in [-0.05, 0) is 36.3 Å². The standard InChI is InChI=1S/C17H24N2O2/c1-12(2)11-14-5-3-13(4-6-14)9-10-18-17(21)15-7-8-16(20)19-15/h3-6,12,15H,7-11H2,1-2H3,(H,18,21)(H,19,20). The zero-order chi connectivity index (χ0) is 15.2. The number of carbonyl (C=O) groups excluding carboxylic acids is 2. The quantitative estimate of drug-likeness (QED) is 0.839. The van der Waals surface area contributed by atoms with E-state index in [0.717, 1.165) is 12.8 Å². The third-order valence-electron chi connectivity index (χ3n) is 3.69. The molecule has 4 nitrogen and oxygen atoms in total. The van der Waals surface area contributed by atoms with Gasteiger partial charge in [-0.25, -0.2) is 0 Å². The van der Waals surface area contributed by atoms with Crippen molar-refractivity contribution in [1.29, 1.82) is 0 Å². The van der Waals surface area contributed by atoms with Crippen LogP contribution in [0.3, 0.4) is 0 Å². The Kier molecular flexibility index (Phi) is 5.37. The van der Waals surface area contributed by atoms with Crippen LogP contribution in [0.2, 0.25) is 0 Å². The monoisotopic (exact) mass is 288 g/mol. The van der Waals surface area contributed by atoms with E-state index < -0.39 is 0 Å². The molecule has 1 aliphatic heterocycles. The molecule has 1 saturated heterocycles. The highest BCUT2D eigenvalue weighted by molar-refractivity contribution is 5.90. The molecule has 2 rings (SSSR count). The Morgan fingerprint density at radius 1 is 1.29 bits per heavy atom. The number of hydrogen-bond donors (Lipinski definition) is 2. The van der Waals surface area contributed by atoms with Gasteiger partial charge in [-0.1, -0.05) is 38.1 Å². The lowest BCUT2D eigenvalue weighted by molar-refractivity contribution is -0.125. The fourth-order valence-corrected chi connectivity index (χ4v) is 2.58. The summed E-state index contributed by atoms with van der Waals surface area (Å²) in [5, 5.41) is 5.56. The van der Waals surface area contributed by atoms with Crippen LogP contribution in [0.4, 0.5) is 0 Å². The van der Waals surface area contributed by atoms with E-state index >= 15 is 0 Å². The van der Waals surface area contributed by atoms with E-state index in [4.69, 9.17) is 0 Å². The average Bonchev–Trinajstić information content (AvgIpc) is 2.87. The summed E-state index contributed by atoms with van der Waals surface area (Å²) in [6.07, 6.45) is 2.97. The van der Waals surface area contributed by atoms with Crippen LogP contribution in [0, 0.1) is 5.92 Å². The second-order valence-corrected chi connectivity index (χ2v) is 6.11. The molecule has 2 N–H and O–H groups in total.